The van der Waals surface area contributed by atoms with Crippen molar-refractivity contribution in [1.29, 1.82) is 0 Å². The Balaban J connectivity index is 2.43. The van der Waals surface area contributed by atoms with Gasteiger partial charge in [-0.2, -0.15) is 13.2 Å². The van der Waals surface area contributed by atoms with Crippen molar-refractivity contribution in [3.8, 4) is 11.5 Å². The average molecular weight is 296 g/mol. The Bertz CT molecular complexity index is 636. The van der Waals surface area contributed by atoms with Crippen LogP contribution in [0.25, 0.3) is 0 Å². The minimum atomic E-state index is -4.64. The summed E-state index contributed by atoms with van der Waals surface area (Å²) in [5.41, 5.74) is -1.22. The highest BCUT2D eigenvalue weighted by atomic mass is 19.4. The van der Waals surface area contributed by atoms with Crippen LogP contribution in [0.3, 0.4) is 0 Å². The van der Waals surface area contributed by atoms with Gasteiger partial charge in [0.25, 0.3) is 0 Å². The molecule has 0 saturated heterocycles. The van der Waals surface area contributed by atoms with E-state index in [0.29, 0.717) is 6.07 Å². The number of methoxy groups -OCH3 is 1. The SMILES string of the molecule is COC(=O)c1ccc(Oc2ccccc2)c(C(F)(F)F)c1. The van der Waals surface area contributed by atoms with Crippen LogP contribution in [0.2, 0.25) is 0 Å². The lowest BCUT2D eigenvalue weighted by Gasteiger charge is -2.14. The van der Waals surface area contributed by atoms with E-state index >= 15 is 0 Å². The molecule has 0 amide bonds. The Morgan fingerprint density at radius 2 is 1.71 bits per heavy atom. The summed E-state index contributed by atoms with van der Waals surface area (Å²) in [5, 5.41) is 0. The van der Waals surface area contributed by atoms with Gasteiger partial charge in [-0.15, -0.1) is 0 Å². The van der Waals surface area contributed by atoms with Crippen LogP contribution in [0, 0.1) is 0 Å². The number of hydrogen-bond donors (Lipinski definition) is 0. The molecule has 0 saturated carbocycles. The smallest absolute Gasteiger partial charge is 0.420 e. The van der Waals surface area contributed by atoms with E-state index in [2.05, 4.69) is 4.74 Å². The lowest BCUT2D eigenvalue weighted by molar-refractivity contribution is -0.138. The van der Waals surface area contributed by atoms with Gasteiger partial charge >= 0.3 is 12.1 Å². The summed E-state index contributed by atoms with van der Waals surface area (Å²) in [6.45, 7) is 0. The van der Waals surface area contributed by atoms with E-state index in [1.807, 2.05) is 0 Å². The molecule has 21 heavy (non-hydrogen) atoms. The second-order valence-corrected chi connectivity index (χ2v) is 4.12. The summed E-state index contributed by atoms with van der Waals surface area (Å²) in [5.74, 6) is -0.943. The number of carbonyl (C=O) groups is 1. The Hall–Kier alpha value is -2.50. The molecule has 2 aromatic carbocycles. The zero-order valence-corrected chi connectivity index (χ0v) is 11.0. The third kappa shape index (κ3) is 3.53. The normalized spacial score (nSPS) is 11.0. The van der Waals surface area contributed by atoms with Gasteiger partial charge in [-0.05, 0) is 30.3 Å². The Morgan fingerprint density at radius 3 is 2.29 bits per heavy atom. The maximum Gasteiger partial charge on any atom is 0.420 e. The summed E-state index contributed by atoms with van der Waals surface area (Å²) < 4.78 is 48.8. The van der Waals surface area contributed by atoms with Crippen molar-refractivity contribution in [3.05, 3.63) is 59.7 Å². The molecule has 0 heterocycles. The highest BCUT2D eigenvalue weighted by Crippen LogP contribution is 2.38. The molecule has 0 atom stereocenters. The van der Waals surface area contributed by atoms with Gasteiger partial charge in [0.2, 0.25) is 0 Å². The largest absolute Gasteiger partial charge is 0.465 e. The van der Waals surface area contributed by atoms with Crippen molar-refractivity contribution in [2.45, 2.75) is 6.18 Å². The molecule has 0 aliphatic heterocycles. The van der Waals surface area contributed by atoms with E-state index in [1.54, 1.807) is 18.2 Å². The molecule has 0 unspecified atom stereocenters. The predicted molar refractivity (Wildman–Crippen MR) is 69.3 cm³/mol. The van der Waals surface area contributed by atoms with E-state index in [1.165, 1.54) is 18.2 Å². The Labute approximate surface area is 118 Å². The molecule has 0 bridgehead atoms. The van der Waals surface area contributed by atoms with Gasteiger partial charge in [-0.25, -0.2) is 4.79 Å². The number of alkyl halides is 3. The van der Waals surface area contributed by atoms with E-state index in [9.17, 15) is 18.0 Å². The van der Waals surface area contributed by atoms with Gasteiger partial charge in [0, 0.05) is 0 Å². The van der Waals surface area contributed by atoms with E-state index < -0.39 is 17.7 Å². The zero-order valence-electron chi connectivity index (χ0n) is 11.0. The van der Waals surface area contributed by atoms with Gasteiger partial charge in [-0.1, -0.05) is 18.2 Å². The minimum Gasteiger partial charge on any atom is -0.465 e. The average Bonchev–Trinajstić information content (AvgIpc) is 2.47. The second-order valence-electron chi connectivity index (χ2n) is 4.12. The highest BCUT2D eigenvalue weighted by molar-refractivity contribution is 5.89. The van der Waals surface area contributed by atoms with Crippen LogP contribution in [0.1, 0.15) is 15.9 Å². The first kappa shape index (κ1) is 14.9. The number of ether oxygens (including phenoxy) is 2. The standard InChI is InChI=1S/C15H11F3O3/c1-20-14(19)10-7-8-13(12(9-10)15(16,17)18)21-11-5-3-2-4-6-11/h2-9H,1H3. The number of esters is 1. The van der Waals surface area contributed by atoms with Crippen molar-refractivity contribution < 1.29 is 27.4 Å². The topological polar surface area (TPSA) is 35.5 Å². The van der Waals surface area contributed by atoms with Crippen molar-refractivity contribution in [2.75, 3.05) is 7.11 Å². The first-order chi connectivity index (χ1) is 9.91. The summed E-state index contributed by atoms with van der Waals surface area (Å²) in [6, 6.07) is 11.1. The quantitative estimate of drug-likeness (QED) is 0.793. The van der Waals surface area contributed by atoms with Crippen LogP contribution in [0.4, 0.5) is 13.2 Å². The molecule has 0 aliphatic carbocycles. The summed E-state index contributed by atoms with van der Waals surface area (Å²) in [4.78, 5) is 11.3. The van der Waals surface area contributed by atoms with Gasteiger partial charge < -0.3 is 9.47 Å². The number of benzene rings is 2. The molecule has 0 aromatic heterocycles. The molecule has 0 N–H and O–H groups in total. The van der Waals surface area contributed by atoms with Crippen LogP contribution in [-0.4, -0.2) is 13.1 Å². The van der Waals surface area contributed by atoms with Crippen molar-refractivity contribution in [3.63, 3.8) is 0 Å². The van der Waals surface area contributed by atoms with Crippen molar-refractivity contribution >= 4 is 5.97 Å². The molecule has 2 rings (SSSR count). The first-order valence-corrected chi connectivity index (χ1v) is 5.94. The van der Waals surface area contributed by atoms with Crippen LogP contribution in [0.15, 0.2) is 48.5 Å². The van der Waals surface area contributed by atoms with Crippen molar-refractivity contribution in [1.82, 2.24) is 0 Å². The Kier molecular flexibility index (Phi) is 4.16. The van der Waals surface area contributed by atoms with Gasteiger partial charge in [0.05, 0.1) is 18.2 Å². The van der Waals surface area contributed by atoms with Crippen LogP contribution >= 0.6 is 0 Å². The van der Waals surface area contributed by atoms with E-state index in [-0.39, 0.29) is 17.1 Å². The molecule has 6 heteroatoms. The number of hydrogen-bond acceptors (Lipinski definition) is 3. The maximum atomic E-state index is 13.1. The van der Waals surface area contributed by atoms with E-state index in [0.717, 1.165) is 13.2 Å². The Morgan fingerprint density at radius 1 is 1.05 bits per heavy atom. The lowest BCUT2D eigenvalue weighted by Crippen LogP contribution is -2.10. The maximum absolute atomic E-state index is 13.1. The first-order valence-electron chi connectivity index (χ1n) is 5.94. The molecule has 0 spiro atoms. The molecule has 0 fully saturated rings. The summed E-state index contributed by atoms with van der Waals surface area (Å²) in [7, 11) is 1.10. The molecule has 2 aromatic rings. The monoisotopic (exact) mass is 296 g/mol. The second kappa shape index (κ2) is 5.87. The third-order valence-corrected chi connectivity index (χ3v) is 2.68. The van der Waals surface area contributed by atoms with Gasteiger partial charge in [0.1, 0.15) is 11.5 Å². The van der Waals surface area contributed by atoms with Gasteiger partial charge in [0.15, 0.2) is 0 Å². The molecule has 110 valence electrons. The number of para-hydroxylation sites is 1. The fraction of sp³-hybridized carbons (Fsp3) is 0.133. The highest BCUT2D eigenvalue weighted by Gasteiger charge is 2.35. The molecular weight excluding hydrogens is 285 g/mol. The number of halogens is 3. The summed E-state index contributed by atoms with van der Waals surface area (Å²) >= 11 is 0. The molecule has 0 aliphatic rings. The zero-order chi connectivity index (χ0) is 15.5. The van der Waals surface area contributed by atoms with Crippen LogP contribution in [0.5, 0.6) is 11.5 Å². The summed E-state index contributed by atoms with van der Waals surface area (Å²) in [6.07, 6.45) is -4.64. The van der Waals surface area contributed by atoms with Gasteiger partial charge in [-0.3, -0.25) is 0 Å². The number of rotatable bonds is 3. The van der Waals surface area contributed by atoms with Crippen LogP contribution < -0.4 is 4.74 Å². The minimum absolute atomic E-state index is 0.190. The molecule has 0 radical (unpaired) electrons. The fourth-order valence-corrected chi connectivity index (χ4v) is 1.70. The van der Waals surface area contributed by atoms with Crippen molar-refractivity contribution in [2.24, 2.45) is 0 Å². The third-order valence-electron chi connectivity index (χ3n) is 2.68. The van der Waals surface area contributed by atoms with Crippen LogP contribution in [-0.2, 0) is 10.9 Å². The fourth-order valence-electron chi connectivity index (χ4n) is 1.70. The number of carbonyl (C=O) groups excluding carboxylic acids is 1. The predicted octanol–water partition coefficient (Wildman–Crippen LogP) is 4.28. The lowest BCUT2D eigenvalue weighted by atomic mass is 10.1. The molecule has 3 nitrogen and oxygen atoms in total. The molecular formula is C15H11F3O3. The van der Waals surface area contributed by atoms with E-state index in [4.69, 9.17) is 4.74 Å².